The van der Waals surface area contributed by atoms with E-state index in [0.29, 0.717) is 0 Å². The van der Waals surface area contributed by atoms with Gasteiger partial charge in [0.15, 0.2) is 0 Å². The predicted molar refractivity (Wildman–Crippen MR) is 78.4 cm³/mol. The Hall–Kier alpha value is -0.980. The van der Waals surface area contributed by atoms with Crippen LogP contribution < -0.4 is 5.32 Å². The molecule has 0 saturated carbocycles. The van der Waals surface area contributed by atoms with E-state index in [1.54, 1.807) is 11.8 Å². The summed E-state index contributed by atoms with van der Waals surface area (Å²) in [7, 11) is 0. The average Bonchev–Trinajstić information content (AvgIpc) is 2.32. The number of thioether (sulfide) groups is 1. The van der Waals surface area contributed by atoms with Gasteiger partial charge in [-0.3, -0.25) is 14.9 Å². The van der Waals surface area contributed by atoms with Crippen LogP contribution in [0.5, 0.6) is 0 Å². The van der Waals surface area contributed by atoms with Crippen molar-refractivity contribution in [1.82, 2.24) is 5.32 Å². The van der Waals surface area contributed by atoms with Gasteiger partial charge in [0, 0.05) is 23.9 Å². The smallest absolute Gasteiger partial charge is 0.271 e. The van der Waals surface area contributed by atoms with Gasteiger partial charge in [-0.2, -0.15) is 11.8 Å². The summed E-state index contributed by atoms with van der Waals surface area (Å²) in [6, 6.07) is 2.16. The molecule has 0 saturated heterocycles. The van der Waals surface area contributed by atoms with Gasteiger partial charge in [-0.15, -0.1) is 0 Å². The van der Waals surface area contributed by atoms with Crippen molar-refractivity contribution in [1.29, 1.82) is 0 Å². The topological polar surface area (TPSA) is 72.2 Å². The third kappa shape index (κ3) is 4.26. The highest BCUT2D eigenvalue weighted by Gasteiger charge is 2.20. The zero-order valence-electron chi connectivity index (χ0n) is 10.3. The lowest BCUT2D eigenvalue weighted by atomic mass is 10.1. The Morgan fingerprint density at radius 2 is 2.16 bits per heavy atom. The van der Waals surface area contributed by atoms with E-state index in [4.69, 9.17) is 23.2 Å². The second-order valence-electron chi connectivity index (χ2n) is 3.88. The molecule has 0 aliphatic carbocycles. The first-order chi connectivity index (χ1) is 8.86. The first kappa shape index (κ1) is 16.1. The summed E-state index contributed by atoms with van der Waals surface area (Å²) < 4.78 is 0. The Labute approximate surface area is 124 Å². The summed E-state index contributed by atoms with van der Waals surface area (Å²) in [6.45, 7) is 1.83. The third-order valence-electron chi connectivity index (χ3n) is 2.26. The van der Waals surface area contributed by atoms with Gasteiger partial charge >= 0.3 is 0 Å². The van der Waals surface area contributed by atoms with Crippen LogP contribution in [0.4, 0.5) is 5.69 Å². The van der Waals surface area contributed by atoms with Crippen molar-refractivity contribution in [3.05, 3.63) is 37.9 Å². The van der Waals surface area contributed by atoms with Crippen molar-refractivity contribution in [3.8, 4) is 0 Å². The maximum absolute atomic E-state index is 12.0. The van der Waals surface area contributed by atoms with Crippen LogP contribution in [0.3, 0.4) is 0 Å². The van der Waals surface area contributed by atoms with Gasteiger partial charge in [0.2, 0.25) is 0 Å². The summed E-state index contributed by atoms with van der Waals surface area (Å²) in [5.74, 6) is 0.253. The molecule has 0 bridgehead atoms. The highest BCUT2D eigenvalue weighted by molar-refractivity contribution is 7.98. The zero-order valence-corrected chi connectivity index (χ0v) is 12.6. The number of amides is 1. The van der Waals surface area contributed by atoms with Gasteiger partial charge in [-0.05, 0) is 13.2 Å². The van der Waals surface area contributed by atoms with Crippen LogP contribution in [-0.4, -0.2) is 28.9 Å². The fraction of sp³-hybridized carbons (Fsp3) is 0.364. The molecule has 1 unspecified atom stereocenters. The van der Waals surface area contributed by atoms with E-state index in [0.717, 1.165) is 17.9 Å². The largest absolute Gasteiger partial charge is 0.349 e. The Bertz CT molecular complexity index is 511. The quantitative estimate of drug-likeness (QED) is 0.666. The van der Waals surface area contributed by atoms with Gasteiger partial charge in [-0.1, -0.05) is 23.2 Å². The Morgan fingerprint density at radius 1 is 1.53 bits per heavy atom. The van der Waals surface area contributed by atoms with Gasteiger partial charge in [-0.25, -0.2) is 0 Å². The summed E-state index contributed by atoms with van der Waals surface area (Å²) in [5, 5.41) is 13.4. The molecule has 0 spiro atoms. The second kappa shape index (κ2) is 6.98. The highest BCUT2D eigenvalue weighted by Crippen LogP contribution is 2.30. The summed E-state index contributed by atoms with van der Waals surface area (Å²) in [4.78, 5) is 22.1. The van der Waals surface area contributed by atoms with E-state index < -0.39 is 10.8 Å². The Kier molecular flexibility index (Phi) is 5.90. The number of nitro groups is 1. The van der Waals surface area contributed by atoms with Crippen molar-refractivity contribution in [3.63, 3.8) is 0 Å². The number of carbonyl (C=O) groups is 1. The number of nitro benzene ring substituents is 1. The van der Waals surface area contributed by atoms with Crippen molar-refractivity contribution in [2.24, 2.45) is 0 Å². The molecular weight excluding hydrogens is 311 g/mol. The minimum absolute atomic E-state index is 0.00817. The summed E-state index contributed by atoms with van der Waals surface area (Å²) >= 11 is 13.3. The number of carbonyl (C=O) groups excluding carboxylic acids is 1. The monoisotopic (exact) mass is 322 g/mol. The van der Waals surface area contributed by atoms with Crippen LogP contribution in [0, 0.1) is 10.1 Å². The maximum Gasteiger partial charge on any atom is 0.271 e. The highest BCUT2D eigenvalue weighted by atomic mass is 35.5. The molecule has 104 valence electrons. The molecule has 0 heterocycles. The number of hydrogen-bond donors (Lipinski definition) is 1. The van der Waals surface area contributed by atoms with Gasteiger partial charge < -0.3 is 5.32 Å². The molecule has 8 heteroatoms. The number of rotatable bonds is 5. The lowest BCUT2D eigenvalue weighted by Gasteiger charge is -2.13. The predicted octanol–water partition coefficient (Wildman–Crippen LogP) is 3.38. The molecule has 1 N–H and O–H groups in total. The van der Waals surface area contributed by atoms with E-state index in [1.807, 2.05) is 13.2 Å². The fourth-order valence-corrected chi connectivity index (χ4v) is 2.43. The molecule has 1 atom stereocenters. The molecular formula is C11H12Cl2N2O3S. The van der Waals surface area contributed by atoms with Crippen LogP contribution in [0.25, 0.3) is 0 Å². The molecule has 5 nitrogen and oxygen atoms in total. The number of nitrogens with zero attached hydrogens (tertiary/aromatic N) is 1. The molecule has 0 aromatic heterocycles. The minimum atomic E-state index is -0.621. The van der Waals surface area contributed by atoms with Gasteiger partial charge in [0.1, 0.15) is 0 Å². The second-order valence-corrected chi connectivity index (χ2v) is 5.57. The van der Waals surface area contributed by atoms with Crippen molar-refractivity contribution < 1.29 is 9.72 Å². The Balaban J connectivity index is 3.05. The van der Waals surface area contributed by atoms with Crippen molar-refractivity contribution in [2.75, 3.05) is 12.0 Å². The molecule has 0 radical (unpaired) electrons. The summed E-state index contributed by atoms with van der Waals surface area (Å²) in [6.07, 6.45) is 1.92. The lowest BCUT2D eigenvalue weighted by Crippen LogP contribution is -2.34. The molecule has 19 heavy (non-hydrogen) atoms. The van der Waals surface area contributed by atoms with Crippen molar-refractivity contribution in [2.45, 2.75) is 13.0 Å². The van der Waals surface area contributed by atoms with Crippen LogP contribution in [0.1, 0.15) is 17.3 Å². The van der Waals surface area contributed by atoms with Crippen LogP contribution >= 0.6 is 35.0 Å². The van der Waals surface area contributed by atoms with E-state index in [1.165, 1.54) is 0 Å². The first-order valence-corrected chi connectivity index (χ1v) is 7.45. The number of non-ortho nitro benzene ring substituents is 1. The van der Waals surface area contributed by atoms with Crippen LogP contribution in [0.15, 0.2) is 12.1 Å². The van der Waals surface area contributed by atoms with Gasteiger partial charge in [0.25, 0.3) is 11.6 Å². The Morgan fingerprint density at radius 3 is 2.68 bits per heavy atom. The van der Waals surface area contributed by atoms with E-state index >= 15 is 0 Å². The number of nitrogens with one attached hydrogen (secondary N) is 1. The first-order valence-electron chi connectivity index (χ1n) is 5.30. The summed E-state index contributed by atoms with van der Waals surface area (Å²) in [5.41, 5.74) is -0.258. The third-order valence-corrected chi connectivity index (χ3v) is 3.90. The zero-order chi connectivity index (χ0) is 14.6. The van der Waals surface area contributed by atoms with Gasteiger partial charge in [0.05, 0.1) is 20.5 Å². The molecule has 0 aliphatic rings. The maximum atomic E-state index is 12.0. The molecule has 0 fully saturated rings. The molecule has 0 aliphatic heterocycles. The standard InChI is InChI=1S/C11H12Cl2N2O3S/c1-6(5-19-2)14-11(16)8-3-7(15(17)18)4-9(12)10(8)13/h3-4,6H,5H2,1-2H3,(H,14,16). The number of halogens is 2. The molecule has 1 amide bonds. The minimum Gasteiger partial charge on any atom is -0.349 e. The molecule has 1 aromatic carbocycles. The number of hydrogen-bond acceptors (Lipinski definition) is 4. The van der Waals surface area contributed by atoms with E-state index in [2.05, 4.69) is 5.32 Å². The van der Waals surface area contributed by atoms with E-state index in [-0.39, 0.29) is 27.3 Å². The van der Waals surface area contributed by atoms with E-state index in [9.17, 15) is 14.9 Å². The number of benzene rings is 1. The molecule has 1 rings (SSSR count). The molecule has 1 aromatic rings. The SMILES string of the molecule is CSCC(C)NC(=O)c1cc([N+](=O)[O-])cc(Cl)c1Cl. The average molecular weight is 323 g/mol. The van der Waals surface area contributed by atoms with Crippen LogP contribution in [0.2, 0.25) is 10.0 Å². The lowest BCUT2D eigenvalue weighted by molar-refractivity contribution is -0.384. The normalized spacial score (nSPS) is 12.0. The fourth-order valence-electron chi connectivity index (χ4n) is 1.44. The van der Waals surface area contributed by atoms with Crippen LogP contribution in [-0.2, 0) is 0 Å². The van der Waals surface area contributed by atoms with Crippen molar-refractivity contribution >= 4 is 46.6 Å².